The van der Waals surface area contributed by atoms with E-state index < -0.39 is 5.97 Å². The Morgan fingerprint density at radius 3 is 3.21 bits per heavy atom. The van der Waals surface area contributed by atoms with E-state index in [1.54, 1.807) is 0 Å². The first kappa shape index (κ1) is 10.6. The second-order valence-electron chi connectivity index (χ2n) is 3.08. The number of hydrogen-bond acceptors (Lipinski definition) is 3. The summed E-state index contributed by atoms with van der Waals surface area (Å²) in [7, 11) is 0. The monoisotopic (exact) mass is 195 g/mol. The van der Waals surface area contributed by atoms with Gasteiger partial charge in [-0.2, -0.15) is 0 Å². The molecule has 0 aromatic carbocycles. The quantitative estimate of drug-likeness (QED) is 0.690. The maximum atomic E-state index is 10.5. The zero-order valence-electron chi connectivity index (χ0n) is 8.12. The molecule has 0 spiro atoms. The number of carboxylic acid groups (broad SMARTS) is 1. The van der Waals surface area contributed by atoms with Gasteiger partial charge in [0.05, 0.1) is 6.42 Å². The van der Waals surface area contributed by atoms with Crippen LogP contribution in [0.25, 0.3) is 0 Å². The van der Waals surface area contributed by atoms with Gasteiger partial charge in [-0.25, -0.2) is 4.79 Å². The first-order valence-corrected chi connectivity index (χ1v) is 4.68. The number of carbonyl (C=O) groups is 1. The third-order valence-electron chi connectivity index (χ3n) is 1.88. The molecule has 1 aliphatic rings. The highest BCUT2D eigenvalue weighted by Gasteiger charge is 2.14. The van der Waals surface area contributed by atoms with Gasteiger partial charge < -0.3 is 9.94 Å². The lowest BCUT2D eigenvalue weighted by Gasteiger charge is -2.06. The normalized spacial score (nSPS) is 19.8. The molecule has 14 heavy (non-hydrogen) atoms. The zero-order chi connectivity index (χ0) is 10.4. The van der Waals surface area contributed by atoms with Crippen LogP contribution in [0, 0.1) is 11.8 Å². The number of nitrogens with zero attached hydrogens (tertiary/aromatic N) is 1. The van der Waals surface area contributed by atoms with E-state index in [1.807, 2.05) is 0 Å². The van der Waals surface area contributed by atoms with E-state index in [0.29, 0.717) is 0 Å². The van der Waals surface area contributed by atoms with Crippen LogP contribution < -0.4 is 0 Å². The smallest absolute Gasteiger partial charge is 0.354 e. The molecule has 1 unspecified atom stereocenters. The number of oxime groups is 1. The van der Waals surface area contributed by atoms with Crippen LogP contribution in [0.5, 0.6) is 0 Å². The van der Waals surface area contributed by atoms with Crippen molar-refractivity contribution < 1.29 is 14.7 Å². The number of rotatable bonds is 4. The fourth-order valence-corrected chi connectivity index (χ4v) is 1.06. The second-order valence-corrected chi connectivity index (χ2v) is 3.08. The van der Waals surface area contributed by atoms with Gasteiger partial charge in [-0.3, -0.25) is 0 Å². The molecular weight excluding hydrogens is 182 g/mol. The summed E-state index contributed by atoms with van der Waals surface area (Å²) >= 11 is 0. The minimum Gasteiger partial charge on any atom is -0.477 e. The average Bonchev–Trinajstić information content (AvgIpc) is 2.39. The van der Waals surface area contributed by atoms with Crippen molar-refractivity contribution >= 4 is 11.7 Å². The molecule has 0 fully saturated rings. The summed E-state index contributed by atoms with van der Waals surface area (Å²) in [6.07, 6.45) is 2.80. The second kappa shape index (κ2) is 5.28. The van der Waals surface area contributed by atoms with Gasteiger partial charge in [0.15, 0.2) is 11.8 Å². The van der Waals surface area contributed by atoms with Gasteiger partial charge >= 0.3 is 5.97 Å². The number of unbranched alkanes of at least 4 members (excludes halogenated alkanes) is 1. The van der Waals surface area contributed by atoms with E-state index >= 15 is 0 Å². The molecule has 0 aliphatic carbocycles. The van der Waals surface area contributed by atoms with Crippen molar-refractivity contribution in [2.24, 2.45) is 5.16 Å². The Hall–Kier alpha value is -1.50. The number of carboxylic acids is 1. The first-order valence-electron chi connectivity index (χ1n) is 4.68. The van der Waals surface area contributed by atoms with Crippen LogP contribution in [0.3, 0.4) is 0 Å². The summed E-state index contributed by atoms with van der Waals surface area (Å²) in [4.78, 5) is 15.6. The molecule has 4 nitrogen and oxygen atoms in total. The lowest BCUT2D eigenvalue weighted by molar-refractivity contribution is -0.129. The van der Waals surface area contributed by atoms with E-state index in [2.05, 4.69) is 23.9 Å². The van der Waals surface area contributed by atoms with Gasteiger partial charge in [0.2, 0.25) is 0 Å². The van der Waals surface area contributed by atoms with Crippen LogP contribution in [0.1, 0.15) is 32.6 Å². The third kappa shape index (κ3) is 3.09. The topological polar surface area (TPSA) is 58.9 Å². The highest BCUT2D eigenvalue weighted by atomic mass is 16.6. The van der Waals surface area contributed by atoms with Gasteiger partial charge in [-0.05, 0) is 12.8 Å². The third-order valence-corrected chi connectivity index (χ3v) is 1.88. The lowest BCUT2D eigenvalue weighted by Crippen LogP contribution is -2.13. The average molecular weight is 195 g/mol. The molecule has 1 N–H and O–H groups in total. The molecule has 4 heteroatoms. The summed E-state index contributed by atoms with van der Waals surface area (Å²) in [6, 6.07) is 0. The summed E-state index contributed by atoms with van der Waals surface area (Å²) in [6.45, 7) is 2.08. The van der Waals surface area contributed by atoms with Gasteiger partial charge in [-0.15, -0.1) is 0 Å². The van der Waals surface area contributed by atoms with Crippen molar-refractivity contribution in [2.45, 2.75) is 38.7 Å². The number of hydrogen-bond donors (Lipinski definition) is 1. The van der Waals surface area contributed by atoms with Crippen molar-refractivity contribution in [3.63, 3.8) is 0 Å². The Balaban J connectivity index is 2.52. The summed E-state index contributed by atoms with van der Waals surface area (Å²) < 4.78 is 0. The van der Waals surface area contributed by atoms with Crippen LogP contribution >= 0.6 is 0 Å². The highest BCUT2D eigenvalue weighted by Crippen LogP contribution is 2.07. The summed E-state index contributed by atoms with van der Waals surface area (Å²) in [5.74, 6) is 4.54. The summed E-state index contributed by atoms with van der Waals surface area (Å²) in [5.41, 5.74) is -0.0171. The van der Waals surface area contributed by atoms with Crippen molar-refractivity contribution in [1.29, 1.82) is 0 Å². The van der Waals surface area contributed by atoms with Crippen molar-refractivity contribution in [3.8, 4) is 11.8 Å². The molecule has 0 saturated carbocycles. The van der Waals surface area contributed by atoms with Crippen LogP contribution in [-0.4, -0.2) is 22.9 Å². The number of aliphatic carboxylic acids is 1. The maximum Gasteiger partial charge on any atom is 0.354 e. The maximum absolute atomic E-state index is 10.5. The summed E-state index contributed by atoms with van der Waals surface area (Å²) in [5, 5.41) is 12.2. The fraction of sp³-hybridized carbons (Fsp3) is 0.600. The molecule has 0 amide bonds. The van der Waals surface area contributed by atoms with Crippen molar-refractivity contribution in [3.05, 3.63) is 0 Å². The molecule has 0 aromatic heterocycles. The molecule has 0 radical (unpaired) electrons. The Morgan fingerprint density at radius 2 is 2.57 bits per heavy atom. The van der Waals surface area contributed by atoms with Crippen LogP contribution in [-0.2, 0) is 9.63 Å². The molecule has 0 saturated heterocycles. The molecule has 1 heterocycles. The Kier molecular flexibility index (Phi) is 3.99. The SMILES string of the molecule is CCCCC1C#CCC(C(=O)O)=NO1. The lowest BCUT2D eigenvalue weighted by atomic mass is 10.1. The van der Waals surface area contributed by atoms with Gasteiger partial charge in [0.25, 0.3) is 0 Å². The Bertz CT molecular complexity index is 298. The predicted octanol–water partition coefficient (Wildman–Crippen LogP) is 1.41. The van der Waals surface area contributed by atoms with Gasteiger partial charge in [-0.1, -0.05) is 30.3 Å². The van der Waals surface area contributed by atoms with Crippen molar-refractivity contribution in [2.75, 3.05) is 0 Å². The highest BCUT2D eigenvalue weighted by molar-refractivity contribution is 6.36. The van der Waals surface area contributed by atoms with E-state index in [4.69, 9.17) is 9.94 Å². The minimum absolute atomic E-state index is 0.0171. The molecule has 0 bridgehead atoms. The molecular formula is C10H13NO3. The standard InChI is InChI=1S/C10H13NO3/c1-2-3-5-8-6-4-7-9(10(12)13)11-14-8/h8H,2-3,5,7H2,1H3,(H,12,13). The molecule has 0 aromatic rings. The molecule has 76 valence electrons. The van der Waals surface area contributed by atoms with Gasteiger partial charge in [0.1, 0.15) is 0 Å². The Labute approximate surface area is 82.9 Å². The first-order chi connectivity index (χ1) is 6.74. The molecule has 1 rings (SSSR count). The molecule has 1 atom stereocenters. The van der Waals surface area contributed by atoms with E-state index in [1.165, 1.54) is 0 Å². The van der Waals surface area contributed by atoms with E-state index in [0.717, 1.165) is 19.3 Å². The van der Waals surface area contributed by atoms with E-state index in [9.17, 15) is 4.79 Å². The Morgan fingerprint density at radius 1 is 1.79 bits per heavy atom. The van der Waals surface area contributed by atoms with Crippen molar-refractivity contribution in [1.82, 2.24) is 0 Å². The zero-order valence-corrected chi connectivity index (χ0v) is 8.12. The minimum atomic E-state index is -1.06. The van der Waals surface area contributed by atoms with Crippen LogP contribution in [0.4, 0.5) is 0 Å². The van der Waals surface area contributed by atoms with Gasteiger partial charge in [0, 0.05) is 0 Å². The van der Waals surface area contributed by atoms with Crippen LogP contribution in [0.15, 0.2) is 5.16 Å². The predicted molar refractivity (Wildman–Crippen MR) is 51.9 cm³/mol. The molecule has 1 aliphatic heterocycles. The van der Waals surface area contributed by atoms with E-state index in [-0.39, 0.29) is 18.2 Å². The largest absolute Gasteiger partial charge is 0.477 e. The van der Waals surface area contributed by atoms with Crippen LogP contribution in [0.2, 0.25) is 0 Å². The fourth-order valence-electron chi connectivity index (χ4n) is 1.06.